The second kappa shape index (κ2) is 5.41. The quantitative estimate of drug-likeness (QED) is 0.765. The maximum atomic E-state index is 14.0. The molecule has 0 atom stereocenters. The lowest BCUT2D eigenvalue weighted by Gasteiger charge is -2.31. The van der Waals surface area contributed by atoms with Gasteiger partial charge in [0.05, 0.1) is 10.6 Å². The lowest BCUT2D eigenvalue weighted by Crippen LogP contribution is -2.43. The maximum absolute atomic E-state index is 14.0. The van der Waals surface area contributed by atoms with Crippen LogP contribution in [0.3, 0.4) is 0 Å². The van der Waals surface area contributed by atoms with Crippen molar-refractivity contribution >= 4 is 37.2 Å². The first-order valence-electron chi connectivity index (χ1n) is 6.30. The molecule has 0 saturated carbocycles. The number of nitrogens with zero attached hydrogens (tertiary/aromatic N) is 1. The molecule has 0 aliphatic carbocycles. The van der Waals surface area contributed by atoms with Crippen molar-refractivity contribution in [2.75, 3.05) is 6.54 Å². The Morgan fingerprint density at radius 2 is 2.00 bits per heavy atom. The zero-order chi connectivity index (χ0) is 16.0. The van der Waals surface area contributed by atoms with Crippen molar-refractivity contribution in [2.24, 2.45) is 0 Å². The minimum atomic E-state index is -4.16. The minimum Gasteiger partial charge on any atom is -0.333 e. The molecule has 1 aliphatic heterocycles. The predicted molar refractivity (Wildman–Crippen MR) is 78.8 cm³/mol. The van der Waals surface area contributed by atoms with Gasteiger partial charge in [-0.25, -0.2) is 12.8 Å². The molecule has 8 heteroatoms. The molecule has 1 heterocycles. The molecule has 1 aromatic carbocycles. The number of halogens is 3. The van der Waals surface area contributed by atoms with Crippen LogP contribution < -0.4 is 0 Å². The Balaban J connectivity index is 2.52. The summed E-state index contributed by atoms with van der Waals surface area (Å²) in [5.74, 6) is -1.43. The van der Waals surface area contributed by atoms with E-state index in [1.165, 1.54) is 4.90 Å². The van der Waals surface area contributed by atoms with Crippen molar-refractivity contribution < 1.29 is 17.6 Å². The van der Waals surface area contributed by atoms with Crippen LogP contribution in [-0.2, 0) is 9.05 Å². The van der Waals surface area contributed by atoms with Gasteiger partial charge in [-0.1, -0.05) is 11.6 Å². The summed E-state index contributed by atoms with van der Waals surface area (Å²) in [5.41, 5.74) is -0.739. The highest BCUT2D eigenvalue weighted by Crippen LogP contribution is 2.33. The van der Waals surface area contributed by atoms with Gasteiger partial charge in [0.25, 0.3) is 15.0 Å². The fraction of sp³-hybridized carbons (Fsp3) is 0.462. The molecule has 21 heavy (non-hydrogen) atoms. The van der Waals surface area contributed by atoms with Gasteiger partial charge in [-0.15, -0.1) is 0 Å². The van der Waals surface area contributed by atoms with E-state index in [1.807, 2.05) is 13.8 Å². The Morgan fingerprint density at radius 1 is 1.38 bits per heavy atom. The topological polar surface area (TPSA) is 54.5 Å². The Hall–Kier alpha value is -0.850. The Bertz CT molecular complexity index is 704. The molecule has 4 nitrogen and oxygen atoms in total. The third-order valence-corrected chi connectivity index (χ3v) is 5.45. The molecular formula is C13H14Cl2FNO3S. The van der Waals surface area contributed by atoms with E-state index in [-0.39, 0.29) is 10.6 Å². The Morgan fingerprint density at radius 3 is 2.48 bits per heavy atom. The second-order valence-electron chi connectivity index (χ2n) is 5.57. The van der Waals surface area contributed by atoms with E-state index in [1.54, 1.807) is 0 Å². The number of rotatable bonds is 2. The highest BCUT2D eigenvalue weighted by molar-refractivity contribution is 8.13. The standard InChI is InChI=1S/C13H14Cl2FNO3S/c1-13(2)4-3-5-17(13)12(18)8-6-11(21(15,19)20)9(14)7-10(8)16/h6-7H,3-5H2,1-2H3. The molecule has 0 spiro atoms. The lowest BCUT2D eigenvalue weighted by atomic mass is 10.0. The maximum Gasteiger partial charge on any atom is 0.262 e. The number of carbonyl (C=O) groups excluding carboxylic acids is 1. The van der Waals surface area contributed by atoms with Gasteiger partial charge in [-0.2, -0.15) is 0 Å². The molecule has 0 radical (unpaired) electrons. The van der Waals surface area contributed by atoms with E-state index in [4.69, 9.17) is 22.3 Å². The smallest absolute Gasteiger partial charge is 0.262 e. The van der Waals surface area contributed by atoms with Crippen molar-refractivity contribution in [1.82, 2.24) is 4.90 Å². The van der Waals surface area contributed by atoms with Crippen LogP contribution in [0.5, 0.6) is 0 Å². The average Bonchev–Trinajstić information content (AvgIpc) is 2.66. The largest absolute Gasteiger partial charge is 0.333 e. The Kier molecular flexibility index (Phi) is 4.26. The van der Waals surface area contributed by atoms with Crippen molar-refractivity contribution in [2.45, 2.75) is 37.1 Å². The van der Waals surface area contributed by atoms with Gasteiger partial charge in [0.15, 0.2) is 0 Å². The molecule has 0 bridgehead atoms. The number of benzene rings is 1. The molecule has 1 saturated heterocycles. The Labute approximate surface area is 132 Å². The van der Waals surface area contributed by atoms with E-state index in [0.29, 0.717) is 6.54 Å². The summed E-state index contributed by atoms with van der Waals surface area (Å²) in [6, 6.07) is 1.70. The molecule has 1 aromatic rings. The number of carbonyl (C=O) groups is 1. The van der Waals surface area contributed by atoms with Crippen LogP contribution in [0.4, 0.5) is 4.39 Å². The zero-order valence-electron chi connectivity index (χ0n) is 11.5. The fourth-order valence-electron chi connectivity index (χ4n) is 2.51. The molecule has 0 aromatic heterocycles. The normalized spacial score (nSPS) is 18.0. The highest BCUT2D eigenvalue weighted by Gasteiger charge is 2.37. The third-order valence-electron chi connectivity index (χ3n) is 3.66. The van der Waals surface area contributed by atoms with Crippen molar-refractivity contribution in [3.8, 4) is 0 Å². The molecule has 1 aliphatic rings. The van der Waals surface area contributed by atoms with Gasteiger partial charge in [0.1, 0.15) is 10.7 Å². The predicted octanol–water partition coefficient (Wildman–Crippen LogP) is 3.42. The summed E-state index contributed by atoms with van der Waals surface area (Å²) < 4.78 is 36.8. The number of amides is 1. The van der Waals surface area contributed by atoms with Crippen LogP contribution in [0.25, 0.3) is 0 Å². The van der Waals surface area contributed by atoms with E-state index < -0.39 is 31.2 Å². The lowest BCUT2D eigenvalue weighted by molar-refractivity contribution is 0.0647. The minimum absolute atomic E-state index is 0.339. The van der Waals surface area contributed by atoms with E-state index >= 15 is 0 Å². The first-order valence-corrected chi connectivity index (χ1v) is 8.98. The van der Waals surface area contributed by atoms with Crippen LogP contribution in [-0.4, -0.2) is 31.3 Å². The van der Waals surface area contributed by atoms with Gasteiger partial charge >= 0.3 is 0 Å². The van der Waals surface area contributed by atoms with E-state index in [9.17, 15) is 17.6 Å². The van der Waals surface area contributed by atoms with Gasteiger partial charge in [0, 0.05) is 22.8 Å². The number of likely N-dealkylation sites (tertiary alicyclic amines) is 1. The number of hydrogen-bond donors (Lipinski definition) is 0. The number of hydrogen-bond acceptors (Lipinski definition) is 3. The first-order chi connectivity index (χ1) is 9.54. The van der Waals surface area contributed by atoms with Crippen LogP contribution in [0.15, 0.2) is 17.0 Å². The van der Waals surface area contributed by atoms with Crippen LogP contribution in [0, 0.1) is 5.82 Å². The summed E-state index contributed by atoms with van der Waals surface area (Å²) in [7, 11) is 1.09. The molecule has 116 valence electrons. The van der Waals surface area contributed by atoms with E-state index in [2.05, 4.69) is 0 Å². The van der Waals surface area contributed by atoms with Gasteiger partial charge in [0.2, 0.25) is 0 Å². The summed E-state index contributed by atoms with van der Waals surface area (Å²) in [4.78, 5) is 13.5. The van der Waals surface area contributed by atoms with E-state index in [0.717, 1.165) is 25.0 Å². The van der Waals surface area contributed by atoms with Crippen molar-refractivity contribution in [1.29, 1.82) is 0 Å². The van der Waals surface area contributed by atoms with Crippen LogP contribution in [0.2, 0.25) is 5.02 Å². The fourth-order valence-corrected chi connectivity index (χ4v) is 4.02. The molecule has 2 rings (SSSR count). The summed E-state index contributed by atoms with van der Waals surface area (Å²) in [5, 5.41) is -0.347. The van der Waals surface area contributed by atoms with Crippen molar-refractivity contribution in [3.63, 3.8) is 0 Å². The van der Waals surface area contributed by atoms with Gasteiger partial charge in [-0.05, 0) is 38.8 Å². The first kappa shape index (κ1) is 16.5. The zero-order valence-corrected chi connectivity index (χ0v) is 13.8. The molecule has 1 amide bonds. The van der Waals surface area contributed by atoms with Gasteiger partial charge < -0.3 is 4.90 Å². The second-order valence-corrected chi connectivity index (χ2v) is 8.51. The molecule has 1 fully saturated rings. The average molecular weight is 354 g/mol. The van der Waals surface area contributed by atoms with Crippen molar-refractivity contribution in [3.05, 3.63) is 28.5 Å². The molecular weight excluding hydrogens is 340 g/mol. The summed E-state index contributed by atoms with van der Waals surface area (Å²) in [6.07, 6.45) is 1.61. The SMILES string of the molecule is CC1(C)CCCN1C(=O)c1cc(S(=O)(=O)Cl)c(Cl)cc1F. The summed E-state index contributed by atoms with van der Waals surface area (Å²) in [6.45, 7) is 4.26. The monoisotopic (exact) mass is 353 g/mol. The highest BCUT2D eigenvalue weighted by atomic mass is 35.7. The third kappa shape index (κ3) is 3.17. The van der Waals surface area contributed by atoms with Gasteiger partial charge in [-0.3, -0.25) is 4.79 Å². The summed E-state index contributed by atoms with van der Waals surface area (Å²) >= 11 is 5.68. The molecule has 0 unspecified atom stereocenters. The van der Waals surface area contributed by atoms with Crippen LogP contribution in [0.1, 0.15) is 37.0 Å². The molecule has 0 N–H and O–H groups in total. The van der Waals surface area contributed by atoms with Crippen LogP contribution >= 0.6 is 22.3 Å².